The van der Waals surface area contributed by atoms with Gasteiger partial charge in [-0.15, -0.1) is 0 Å². The molecule has 1 heterocycles. The highest BCUT2D eigenvalue weighted by Crippen LogP contribution is 2.56. The minimum absolute atomic E-state index is 0.0125. The predicted molar refractivity (Wildman–Crippen MR) is 161 cm³/mol. The second kappa shape index (κ2) is 12.6. The monoisotopic (exact) mass is 637 g/mol. The van der Waals surface area contributed by atoms with Gasteiger partial charge in [0.05, 0.1) is 22.2 Å². The van der Waals surface area contributed by atoms with Crippen molar-refractivity contribution < 1.29 is 23.4 Å². The Labute approximate surface area is 259 Å². The van der Waals surface area contributed by atoms with E-state index in [9.17, 15) is 15.2 Å². The Balaban J connectivity index is 1.89. The van der Waals surface area contributed by atoms with Crippen molar-refractivity contribution in [2.45, 2.75) is 64.1 Å². The number of hydrogen-bond acceptors (Lipinski definition) is 5. The zero-order valence-corrected chi connectivity index (χ0v) is 25.8. The molecule has 0 saturated carbocycles. The lowest BCUT2D eigenvalue weighted by atomic mass is 9.60. The minimum atomic E-state index is -1.68. The second-order valence-electron chi connectivity index (χ2n) is 11.8. The first-order chi connectivity index (χ1) is 19.7. The molecule has 2 aromatic rings. The SMILES string of the molecule is COC(O)c1ccc(NC(=O)[C@@H]2NC(CC(C)(C)C)C(C#N)(C3=CC=C(Cl)CC3F)C2c2cccc(Cl)c2F)cc1Cl. The fourth-order valence-electron chi connectivity index (χ4n) is 5.94. The highest BCUT2D eigenvalue weighted by atomic mass is 35.5. The highest BCUT2D eigenvalue weighted by Gasteiger charge is 2.62. The standard InChI is InChI=1S/C31H32Cl3F2N3O3/c1-30(2,3)14-24-31(15-37,20-11-8-16(32)12-23(20)35)25(19-6-5-7-21(33)26(19)36)27(39-24)28(40)38-17-9-10-18(22(34)13-17)29(41)42-4/h5-11,13,23-25,27,29,39,41H,12,14H2,1-4H3,(H,38,40)/t23?,24?,25?,27-,29?,31?/m1/s1. The Morgan fingerprint density at radius 1 is 1.24 bits per heavy atom. The lowest BCUT2D eigenvalue weighted by molar-refractivity contribution is -0.118. The number of nitriles is 1. The van der Waals surface area contributed by atoms with E-state index in [-0.39, 0.29) is 38.0 Å². The number of rotatable bonds is 7. The molecule has 1 saturated heterocycles. The number of carbonyl (C=O) groups is 1. The number of nitrogens with zero attached hydrogens (tertiary/aromatic N) is 1. The molecule has 4 rings (SSSR count). The van der Waals surface area contributed by atoms with Crippen molar-refractivity contribution in [3.05, 3.63) is 86.1 Å². The van der Waals surface area contributed by atoms with Crippen LogP contribution in [0.3, 0.4) is 0 Å². The van der Waals surface area contributed by atoms with Crippen LogP contribution in [0.5, 0.6) is 0 Å². The quantitative estimate of drug-likeness (QED) is 0.272. The number of allylic oxidation sites excluding steroid dienone is 3. The van der Waals surface area contributed by atoms with Gasteiger partial charge in [-0.1, -0.05) is 79.8 Å². The molecule has 1 amide bonds. The van der Waals surface area contributed by atoms with Crippen LogP contribution in [-0.2, 0) is 9.53 Å². The number of aliphatic hydroxyl groups excluding tert-OH is 1. The first-order valence-corrected chi connectivity index (χ1v) is 14.5. The first-order valence-electron chi connectivity index (χ1n) is 13.4. The maximum atomic E-state index is 15.9. The maximum absolute atomic E-state index is 15.9. The maximum Gasteiger partial charge on any atom is 0.242 e. The van der Waals surface area contributed by atoms with Gasteiger partial charge in [0.1, 0.15) is 17.4 Å². The fourth-order valence-corrected chi connectivity index (χ4v) is 6.60. The van der Waals surface area contributed by atoms with E-state index in [1.165, 1.54) is 55.7 Å². The van der Waals surface area contributed by atoms with Gasteiger partial charge < -0.3 is 20.5 Å². The van der Waals surface area contributed by atoms with Crippen LogP contribution < -0.4 is 10.6 Å². The van der Waals surface area contributed by atoms with Crippen molar-refractivity contribution in [1.29, 1.82) is 5.26 Å². The van der Waals surface area contributed by atoms with Crippen LogP contribution >= 0.6 is 34.8 Å². The van der Waals surface area contributed by atoms with E-state index in [0.717, 1.165) is 0 Å². The summed E-state index contributed by atoms with van der Waals surface area (Å²) >= 11 is 18.7. The summed E-state index contributed by atoms with van der Waals surface area (Å²) in [7, 11) is 1.32. The fraction of sp³-hybridized carbons (Fsp3) is 0.419. The molecular weight excluding hydrogens is 607 g/mol. The lowest BCUT2D eigenvalue weighted by Crippen LogP contribution is -2.44. The summed E-state index contributed by atoms with van der Waals surface area (Å²) in [4.78, 5) is 14.0. The van der Waals surface area contributed by atoms with Crippen LogP contribution in [0.25, 0.3) is 0 Å². The number of anilines is 1. The summed E-state index contributed by atoms with van der Waals surface area (Å²) < 4.78 is 36.6. The van der Waals surface area contributed by atoms with E-state index in [2.05, 4.69) is 16.7 Å². The van der Waals surface area contributed by atoms with Gasteiger partial charge in [0.15, 0.2) is 6.29 Å². The molecule has 6 nitrogen and oxygen atoms in total. The zero-order chi connectivity index (χ0) is 31.0. The summed E-state index contributed by atoms with van der Waals surface area (Å²) in [6.07, 6.45) is 0.349. The van der Waals surface area contributed by atoms with Crippen molar-refractivity contribution >= 4 is 46.4 Å². The average Bonchev–Trinajstić information content (AvgIpc) is 3.23. The average molecular weight is 639 g/mol. The Hall–Kier alpha value is -2.51. The number of ether oxygens (including phenoxy) is 1. The number of methoxy groups -OCH3 is 1. The third kappa shape index (κ3) is 6.23. The van der Waals surface area contributed by atoms with Gasteiger partial charge in [0, 0.05) is 41.8 Å². The molecule has 0 aromatic heterocycles. The number of alkyl halides is 1. The number of benzene rings is 2. The molecule has 1 aliphatic carbocycles. The van der Waals surface area contributed by atoms with Crippen LogP contribution in [0.2, 0.25) is 10.0 Å². The van der Waals surface area contributed by atoms with E-state index < -0.39 is 47.6 Å². The molecule has 42 heavy (non-hydrogen) atoms. The van der Waals surface area contributed by atoms with Gasteiger partial charge in [0.25, 0.3) is 0 Å². The summed E-state index contributed by atoms with van der Waals surface area (Å²) in [6.45, 7) is 5.91. The van der Waals surface area contributed by atoms with Crippen molar-refractivity contribution in [2.24, 2.45) is 10.8 Å². The highest BCUT2D eigenvalue weighted by molar-refractivity contribution is 6.32. The number of halogens is 5. The molecule has 11 heteroatoms. The van der Waals surface area contributed by atoms with Gasteiger partial charge in [-0.05, 0) is 47.2 Å². The number of nitrogens with one attached hydrogen (secondary N) is 2. The minimum Gasteiger partial charge on any atom is -0.364 e. The second-order valence-corrected chi connectivity index (χ2v) is 13.1. The van der Waals surface area contributed by atoms with E-state index >= 15 is 8.78 Å². The van der Waals surface area contributed by atoms with E-state index in [0.29, 0.717) is 17.7 Å². The van der Waals surface area contributed by atoms with Crippen molar-refractivity contribution in [2.75, 3.05) is 12.4 Å². The van der Waals surface area contributed by atoms with Crippen LogP contribution in [0, 0.1) is 28.0 Å². The number of carbonyl (C=O) groups excluding carboxylic acids is 1. The molecular formula is C31H32Cl3F2N3O3. The van der Waals surface area contributed by atoms with E-state index in [1.54, 1.807) is 0 Å². The van der Waals surface area contributed by atoms with E-state index in [4.69, 9.17) is 39.5 Å². The summed E-state index contributed by atoms with van der Waals surface area (Å²) in [5.74, 6) is -2.55. The molecule has 1 fully saturated rings. The summed E-state index contributed by atoms with van der Waals surface area (Å²) in [5, 5.41) is 27.3. The molecule has 3 N–H and O–H groups in total. The molecule has 1 aliphatic heterocycles. The Bertz CT molecular complexity index is 1470. The summed E-state index contributed by atoms with van der Waals surface area (Å²) in [5.41, 5.74) is -1.31. The third-order valence-electron chi connectivity index (χ3n) is 7.75. The predicted octanol–water partition coefficient (Wildman–Crippen LogP) is 7.57. The number of amides is 1. The van der Waals surface area contributed by atoms with E-state index in [1.807, 2.05) is 20.8 Å². The van der Waals surface area contributed by atoms with Gasteiger partial charge in [-0.3, -0.25) is 4.79 Å². The zero-order valence-electron chi connectivity index (χ0n) is 23.5. The Morgan fingerprint density at radius 3 is 2.55 bits per heavy atom. The smallest absolute Gasteiger partial charge is 0.242 e. The molecule has 2 aromatic carbocycles. The normalized spacial score (nSPS) is 26.7. The Kier molecular flexibility index (Phi) is 9.73. The van der Waals surface area contributed by atoms with Crippen molar-refractivity contribution in [3.63, 3.8) is 0 Å². The molecule has 224 valence electrons. The molecule has 2 aliphatic rings. The molecule has 5 unspecified atom stereocenters. The van der Waals surface area contributed by atoms with Crippen molar-refractivity contribution in [3.8, 4) is 6.07 Å². The lowest BCUT2D eigenvalue weighted by Gasteiger charge is -2.40. The van der Waals surface area contributed by atoms with Gasteiger partial charge in [-0.2, -0.15) is 5.26 Å². The van der Waals surface area contributed by atoms with Crippen LogP contribution in [0.15, 0.2) is 59.2 Å². The molecule has 6 atom stereocenters. The summed E-state index contributed by atoms with van der Waals surface area (Å²) in [6, 6.07) is 9.27. The van der Waals surface area contributed by atoms with Gasteiger partial charge in [-0.25, -0.2) is 8.78 Å². The molecule has 0 spiro atoms. The van der Waals surface area contributed by atoms with Gasteiger partial charge >= 0.3 is 0 Å². The van der Waals surface area contributed by atoms with Gasteiger partial charge in [0.2, 0.25) is 5.91 Å². The van der Waals surface area contributed by atoms with Crippen molar-refractivity contribution in [1.82, 2.24) is 5.32 Å². The number of hydrogen-bond donors (Lipinski definition) is 3. The molecule has 0 radical (unpaired) electrons. The third-order valence-corrected chi connectivity index (χ3v) is 8.64. The largest absolute Gasteiger partial charge is 0.364 e. The van der Waals surface area contributed by atoms with Crippen LogP contribution in [-0.4, -0.2) is 36.4 Å². The van der Waals surface area contributed by atoms with Crippen LogP contribution in [0.4, 0.5) is 14.5 Å². The first kappa shape index (κ1) is 32.4. The number of aliphatic hydroxyl groups is 1. The van der Waals surface area contributed by atoms with Crippen LogP contribution in [0.1, 0.15) is 56.9 Å². The Morgan fingerprint density at radius 2 is 1.95 bits per heavy atom. The topological polar surface area (TPSA) is 94.4 Å². The molecule has 0 bridgehead atoms.